The standard InChI is InChI=1S/C24H29N3O3/c1-7-16(4)23-20-13-22(30-6)17(5)12-21(20)26(24(29)27(25-23)15(2)3)19-10-8-18(14-28)9-11-19/h8-16H,7H2,1-6H3. The summed E-state index contributed by atoms with van der Waals surface area (Å²) in [6.07, 6.45) is 1.68. The highest BCUT2D eigenvalue weighted by atomic mass is 16.5. The largest absolute Gasteiger partial charge is 0.496 e. The van der Waals surface area contributed by atoms with E-state index in [1.54, 1.807) is 36.3 Å². The van der Waals surface area contributed by atoms with Gasteiger partial charge in [-0.05, 0) is 69.2 Å². The van der Waals surface area contributed by atoms with Crippen LogP contribution >= 0.6 is 0 Å². The van der Waals surface area contributed by atoms with Crippen LogP contribution < -0.4 is 9.64 Å². The summed E-state index contributed by atoms with van der Waals surface area (Å²) in [5.74, 6) is 0.911. The number of carbonyl (C=O) groups is 2. The number of amides is 2. The van der Waals surface area contributed by atoms with Gasteiger partial charge in [-0.25, -0.2) is 9.80 Å². The van der Waals surface area contributed by atoms with Crippen molar-refractivity contribution < 1.29 is 14.3 Å². The summed E-state index contributed by atoms with van der Waals surface area (Å²) < 4.78 is 5.58. The summed E-state index contributed by atoms with van der Waals surface area (Å²) in [7, 11) is 1.65. The smallest absolute Gasteiger partial charge is 0.349 e. The number of aldehydes is 1. The molecule has 1 atom stereocenters. The zero-order valence-corrected chi connectivity index (χ0v) is 18.5. The van der Waals surface area contributed by atoms with Gasteiger partial charge < -0.3 is 4.74 Å². The van der Waals surface area contributed by atoms with Crippen molar-refractivity contribution in [1.29, 1.82) is 0 Å². The zero-order chi connectivity index (χ0) is 22.0. The molecule has 1 unspecified atom stereocenters. The summed E-state index contributed by atoms with van der Waals surface area (Å²) in [5, 5.41) is 6.37. The number of hydrazone groups is 1. The molecule has 2 amide bonds. The second-order valence-electron chi connectivity index (χ2n) is 7.90. The second-order valence-corrected chi connectivity index (χ2v) is 7.90. The van der Waals surface area contributed by atoms with Gasteiger partial charge in [0.2, 0.25) is 0 Å². The van der Waals surface area contributed by atoms with Crippen LogP contribution in [0.25, 0.3) is 0 Å². The first-order valence-electron chi connectivity index (χ1n) is 10.3. The molecule has 0 fully saturated rings. The van der Waals surface area contributed by atoms with Gasteiger partial charge in [0.15, 0.2) is 0 Å². The van der Waals surface area contributed by atoms with Gasteiger partial charge >= 0.3 is 6.03 Å². The Morgan fingerprint density at radius 3 is 2.33 bits per heavy atom. The van der Waals surface area contributed by atoms with Crippen molar-refractivity contribution in [2.45, 2.75) is 47.1 Å². The van der Waals surface area contributed by atoms with Crippen molar-refractivity contribution in [3.05, 3.63) is 53.1 Å². The van der Waals surface area contributed by atoms with E-state index >= 15 is 0 Å². The Morgan fingerprint density at radius 2 is 1.80 bits per heavy atom. The molecule has 1 aliphatic rings. The topological polar surface area (TPSA) is 62.2 Å². The minimum atomic E-state index is -0.229. The number of benzene rings is 2. The maximum atomic E-state index is 13.7. The number of anilines is 2. The molecule has 0 radical (unpaired) electrons. The lowest BCUT2D eigenvalue weighted by Gasteiger charge is -2.29. The number of hydrogen-bond acceptors (Lipinski definition) is 4. The summed E-state index contributed by atoms with van der Waals surface area (Å²) in [6.45, 7) is 10.1. The number of methoxy groups -OCH3 is 1. The number of aryl methyl sites for hydroxylation is 1. The van der Waals surface area contributed by atoms with Gasteiger partial charge in [-0.3, -0.25) is 9.69 Å². The molecule has 0 aliphatic carbocycles. The third-order valence-corrected chi connectivity index (χ3v) is 5.49. The fraction of sp³-hybridized carbons (Fsp3) is 0.375. The highest BCUT2D eigenvalue weighted by Gasteiger charge is 2.34. The SMILES string of the molecule is CCC(C)C1=NN(C(C)C)C(=O)N(c2ccc(C=O)cc2)c2cc(C)c(OC)cc21. The van der Waals surface area contributed by atoms with Gasteiger partial charge in [-0.2, -0.15) is 5.10 Å². The third kappa shape index (κ3) is 3.82. The van der Waals surface area contributed by atoms with Gasteiger partial charge in [-0.1, -0.05) is 13.8 Å². The average molecular weight is 408 g/mol. The van der Waals surface area contributed by atoms with Crippen LogP contribution in [0.5, 0.6) is 5.75 Å². The van der Waals surface area contributed by atoms with E-state index in [2.05, 4.69) is 13.8 Å². The molecule has 158 valence electrons. The maximum absolute atomic E-state index is 13.7. The predicted octanol–water partition coefficient (Wildman–Crippen LogP) is 5.55. The number of carbonyl (C=O) groups excluding carboxylic acids is 2. The molecule has 6 nitrogen and oxygen atoms in total. The van der Waals surface area contributed by atoms with Crippen LogP contribution in [-0.4, -0.2) is 36.2 Å². The van der Waals surface area contributed by atoms with Crippen LogP contribution in [0.1, 0.15) is 55.6 Å². The Hall–Kier alpha value is -3.15. The van der Waals surface area contributed by atoms with E-state index in [-0.39, 0.29) is 18.0 Å². The molecule has 30 heavy (non-hydrogen) atoms. The summed E-state index contributed by atoms with van der Waals surface area (Å²) in [6, 6.07) is 10.6. The molecule has 0 saturated carbocycles. The van der Waals surface area contributed by atoms with Gasteiger partial charge in [0.05, 0.1) is 30.2 Å². The lowest BCUT2D eigenvalue weighted by Crippen LogP contribution is -2.41. The molecule has 1 aliphatic heterocycles. The molecule has 1 heterocycles. The average Bonchev–Trinajstić information content (AvgIpc) is 2.86. The fourth-order valence-electron chi connectivity index (χ4n) is 3.55. The summed E-state index contributed by atoms with van der Waals surface area (Å²) in [5.41, 5.74) is 4.68. The van der Waals surface area contributed by atoms with E-state index in [0.717, 1.165) is 41.0 Å². The van der Waals surface area contributed by atoms with Crippen molar-refractivity contribution in [1.82, 2.24) is 5.01 Å². The van der Waals surface area contributed by atoms with Gasteiger partial charge in [-0.15, -0.1) is 0 Å². The van der Waals surface area contributed by atoms with Gasteiger partial charge in [0.1, 0.15) is 12.0 Å². The van der Waals surface area contributed by atoms with Gasteiger partial charge in [0, 0.05) is 17.0 Å². The van der Waals surface area contributed by atoms with Crippen LogP contribution in [0.15, 0.2) is 41.5 Å². The lowest BCUT2D eigenvalue weighted by atomic mass is 9.93. The Morgan fingerprint density at radius 1 is 1.13 bits per heavy atom. The molecule has 2 aromatic carbocycles. The Kier molecular flexibility index (Phi) is 6.25. The lowest BCUT2D eigenvalue weighted by molar-refractivity contribution is 0.112. The van der Waals surface area contributed by atoms with Crippen LogP contribution in [0.2, 0.25) is 0 Å². The molecular formula is C24H29N3O3. The molecule has 0 bridgehead atoms. The quantitative estimate of drug-likeness (QED) is 0.590. The molecule has 6 heteroatoms. The Balaban J connectivity index is 2.32. The minimum absolute atomic E-state index is 0.120. The third-order valence-electron chi connectivity index (χ3n) is 5.49. The number of urea groups is 1. The van der Waals surface area contributed by atoms with E-state index < -0.39 is 0 Å². The van der Waals surface area contributed by atoms with Crippen molar-refractivity contribution in [3.63, 3.8) is 0 Å². The highest BCUT2D eigenvalue weighted by molar-refractivity contribution is 6.14. The fourth-order valence-corrected chi connectivity index (χ4v) is 3.55. The number of nitrogens with zero attached hydrogens (tertiary/aromatic N) is 3. The Bertz CT molecular complexity index is 980. The number of hydrogen-bond donors (Lipinski definition) is 0. The van der Waals surface area contributed by atoms with Crippen molar-refractivity contribution in [3.8, 4) is 5.75 Å². The summed E-state index contributed by atoms with van der Waals surface area (Å²) in [4.78, 5) is 26.4. The number of rotatable bonds is 6. The van der Waals surface area contributed by atoms with E-state index in [9.17, 15) is 9.59 Å². The van der Waals surface area contributed by atoms with E-state index in [1.165, 1.54) is 5.01 Å². The molecule has 3 rings (SSSR count). The van der Waals surface area contributed by atoms with Crippen LogP contribution in [0.3, 0.4) is 0 Å². The van der Waals surface area contributed by atoms with Crippen molar-refractivity contribution in [2.24, 2.45) is 11.0 Å². The predicted molar refractivity (Wildman–Crippen MR) is 120 cm³/mol. The molecule has 0 N–H and O–H groups in total. The first-order valence-corrected chi connectivity index (χ1v) is 10.3. The van der Waals surface area contributed by atoms with Crippen LogP contribution in [-0.2, 0) is 0 Å². The molecule has 0 saturated heterocycles. The van der Waals surface area contributed by atoms with E-state index in [0.29, 0.717) is 11.3 Å². The highest BCUT2D eigenvalue weighted by Crippen LogP contribution is 2.38. The molecule has 0 spiro atoms. The van der Waals surface area contributed by atoms with E-state index in [1.807, 2.05) is 32.9 Å². The summed E-state index contributed by atoms with van der Waals surface area (Å²) >= 11 is 0. The number of fused-ring (bicyclic) bond motifs is 1. The molecule has 0 aromatic heterocycles. The second kappa shape index (κ2) is 8.69. The molecular weight excluding hydrogens is 378 g/mol. The van der Waals surface area contributed by atoms with Crippen molar-refractivity contribution >= 4 is 29.4 Å². The van der Waals surface area contributed by atoms with Crippen LogP contribution in [0, 0.1) is 12.8 Å². The first-order chi connectivity index (χ1) is 14.3. The van der Waals surface area contributed by atoms with Gasteiger partial charge in [0.25, 0.3) is 0 Å². The zero-order valence-electron chi connectivity index (χ0n) is 18.5. The molecule has 2 aromatic rings. The number of ether oxygens (including phenoxy) is 1. The minimum Gasteiger partial charge on any atom is -0.496 e. The first kappa shape index (κ1) is 21.6. The normalized spacial score (nSPS) is 14.9. The Labute approximate surface area is 178 Å². The maximum Gasteiger partial charge on any atom is 0.349 e. The monoisotopic (exact) mass is 407 g/mol. The van der Waals surface area contributed by atoms with E-state index in [4.69, 9.17) is 9.84 Å². The van der Waals surface area contributed by atoms with Crippen molar-refractivity contribution in [2.75, 3.05) is 12.0 Å². The van der Waals surface area contributed by atoms with Crippen LogP contribution in [0.4, 0.5) is 16.2 Å².